The van der Waals surface area contributed by atoms with Gasteiger partial charge in [0.1, 0.15) is 12.1 Å². The Morgan fingerprint density at radius 3 is 1.33 bits per heavy atom. The lowest BCUT2D eigenvalue weighted by atomic mass is 10.4. The SMILES string of the molecule is C[C@H](N)C(=O)OC(=O)/C=C/C(=O)OC(=O)[C@H](C)N. The molecule has 0 radical (unpaired) electrons. The Kier molecular flexibility index (Phi) is 6.47. The fraction of sp³-hybridized carbons (Fsp3) is 0.400. The molecule has 18 heavy (non-hydrogen) atoms. The zero-order chi connectivity index (χ0) is 14.3. The van der Waals surface area contributed by atoms with Crippen molar-refractivity contribution < 1.29 is 28.7 Å². The van der Waals surface area contributed by atoms with Gasteiger partial charge in [-0.05, 0) is 13.8 Å². The minimum absolute atomic E-state index is 0.636. The second-order valence-corrected chi connectivity index (χ2v) is 3.39. The fourth-order valence-electron chi connectivity index (χ4n) is 0.588. The number of hydrogen-bond acceptors (Lipinski definition) is 8. The first-order valence-electron chi connectivity index (χ1n) is 4.94. The topological polar surface area (TPSA) is 139 Å². The second kappa shape index (κ2) is 7.30. The van der Waals surface area contributed by atoms with Crippen molar-refractivity contribution in [2.45, 2.75) is 25.9 Å². The molecule has 0 amide bonds. The third-order valence-electron chi connectivity index (χ3n) is 1.50. The van der Waals surface area contributed by atoms with Crippen LogP contribution in [0.5, 0.6) is 0 Å². The van der Waals surface area contributed by atoms with Crippen LogP contribution in [0.2, 0.25) is 0 Å². The lowest BCUT2D eigenvalue weighted by Gasteiger charge is -2.03. The van der Waals surface area contributed by atoms with Crippen molar-refractivity contribution >= 4 is 23.9 Å². The number of ether oxygens (including phenoxy) is 2. The molecule has 0 rings (SSSR count). The van der Waals surface area contributed by atoms with E-state index in [2.05, 4.69) is 9.47 Å². The van der Waals surface area contributed by atoms with Crippen LogP contribution in [0.4, 0.5) is 0 Å². The first-order valence-corrected chi connectivity index (χ1v) is 4.94. The Balaban J connectivity index is 4.23. The summed E-state index contributed by atoms with van der Waals surface area (Å²) in [5, 5.41) is 0. The summed E-state index contributed by atoms with van der Waals surface area (Å²) in [4.78, 5) is 43.7. The van der Waals surface area contributed by atoms with Crippen molar-refractivity contribution in [3.63, 3.8) is 0 Å². The molecule has 0 saturated heterocycles. The van der Waals surface area contributed by atoms with Crippen molar-refractivity contribution in [2.75, 3.05) is 0 Å². The van der Waals surface area contributed by atoms with E-state index in [0.717, 1.165) is 0 Å². The maximum Gasteiger partial charge on any atom is 0.338 e. The van der Waals surface area contributed by atoms with Gasteiger partial charge in [0.15, 0.2) is 0 Å². The molecule has 0 fully saturated rings. The summed E-state index contributed by atoms with van der Waals surface area (Å²) in [5.74, 6) is -4.07. The molecular formula is C10H14N2O6. The van der Waals surface area contributed by atoms with Crippen LogP contribution in [-0.4, -0.2) is 36.0 Å². The van der Waals surface area contributed by atoms with E-state index in [9.17, 15) is 19.2 Å². The summed E-state index contributed by atoms with van der Waals surface area (Å²) in [6.07, 6.45) is 1.27. The van der Waals surface area contributed by atoms with Gasteiger partial charge in [-0.15, -0.1) is 0 Å². The molecule has 0 heterocycles. The highest BCUT2D eigenvalue weighted by molar-refractivity contribution is 6.00. The van der Waals surface area contributed by atoms with E-state index in [1.54, 1.807) is 0 Å². The third kappa shape index (κ3) is 6.51. The average molecular weight is 258 g/mol. The molecule has 8 heteroatoms. The average Bonchev–Trinajstić information content (AvgIpc) is 2.25. The number of nitrogens with two attached hydrogens (primary N) is 2. The first kappa shape index (κ1) is 15.9. The summed E-state index contributed by atoms with van der Waals surface area (Å²) in [5.41, 5.74) is 10.3. The summed E-state index contributed by atoms with van der Waals surface area (Å²) in [6.45, 7) is 2.66. The van der Waals surface area contributed by atoms with Crippen LogP contribution in [-0.2, 0) is 28.7 Å². The molecule has 4 N–H and O–H groups in total. The lowest BCUT2D eigenvalue weighted by molar-refractivity contribution is -0.159. The van der Waals surface area contributed by atoms with Gasteiger partial charge in [0.2, 0.25) is 0 Å². The second-order valence-electron chi connectivity index (χ2n) is 3.39. The Labute approximate surface area is 103 Å². The molecule has 0 aromatic rings. The predicted octanol–water partition coefficient (Wildman–Crippen LogP) is -1.62. The molecule has 0 aliphatic heterocycles. The molecule has 0 saturated carbocycles. The van der Waals surface area contributed by atoms with Crippen LogP contribution < -0.4 is 11.5 Å². The van der Waals surface area contributed by atoms with Gasteiger partial charge in [-0.2, -0.15) is 0 Å². The molecule has 2 atom stereocenters. The molecule has 0 bridgehead atoms. The summed E-state index contributed by atoms with van der Waals surface area (Å²) in [6, 6.07) is -1.93. The highest BCUT2D eigenvalue weighted by atomic mass is 16.6. The Hall–Kier alpha value is -2.06. The van der Waals surface area contributed by atoms with Gasteiger partial charge >= 0.3 is 23.9 Å². The molecule has 0 aromatic carbocycles. The Bertz CT molecular complexity index is 350. The van der Waals surface area contributed by atoms with E-state index >= 15 is 0 Å². The smallest absolute Gasteiger partial charge is 0.338 e. The van der Waals surface area contributed by atoms with Crippen molar-refractivity contribution in [2.24, 2.45) is 11.5 Å². The predicted molar refractivity (Wildman–Crippen MR) is 58.6 cm³/mol. The van der Waals surface area contributed by atoms with Crippen molar-refractivity contribution in [1.29, 1.82) is 0 Å². The molecular weight excluding hydrogens is 244 g/mol. The molecule has 0 unspecified atom stereocenters. The van der Waals surface area contributed by atoms with Crippen LogP contribution in [0.25, 0.3) is 0 Å². The quantitative estimate of drug-likeness (QED) is 0.348. The van der Waals surface area contributed by atoms with Crippen LogP contribution in [0.3, 0.4) is 0 Å². The first-order chi connectivity index (χ1) is 8.23. The highest BCUT2D eigenvalue weighted by Crippen LogP contribution is 1.91. The molecule has 8 nitrogen and oxygen atoms in total. The summed E-state index contributed by atoms with van der Waals surface area (Å²) >= 11 is 0. The number of hydrogen-bond donors (Lipinski definition) is 2. The van der Waals surface area contributed by atoms with Crippen molar-refractivity contribution in [1.82, 2.24) is 0 Å². The molecule has 0 spiro atoms. The maximum absolute atomic E-state index is 11.0. The zero-order valence-corrected chi connectivity index (χ0v) is 9.91. The molecule has 100 valence electrons. The minimum Gasteiger partial charge on any atom is -0.389 e. The van der Waals surface area contributed by atoms with Gasteiger partial charge in [-0.25, -0.2) is 19.2 Å². The van der Waals surface area contributed by atoms with E-state index in [-0.39, 0.29) is 0 Å². The van der Waals surface area contributed by atoms with E-state index in [4.69, 9.17) is 11.5 Å². The largest absolute Gasteiger partial charge is 0.389 e. The van der Waals surface area contributed by atoms with E-state index in [0.29, 0.717) is 12.2 Å². The van der Waals surface area contributed by atoms with E-state index in [1.165, 1.54) is 13.8 Å². The van der Waals surface area contributed by atoms with Gasteiger partial charge in [0.25, 0.3) is 0 Å². The van der Waals surface area contributed by atoms with E-state index < -0.39 is 36.0 Å². The van der Waals surface area contributed by atoms with Crippen LogP contribution in [0.15, 0.2) is 12.2 Å². The van der Waals surface area contributed by atoms with Crippen molar-refractivity contribution in [3.05, 3.63) is 12.2 Å². The highest BCUT2D eigenvalue weighted by Gasteiger charge is 2.14. The van der Waals surface area contributed by atoms with Crippen LogP contribution >= 0.6 is 0 Å². The van der Waals surface area contributed by atoms with Gasteiger partial charge in [-0.3, -0.25) is 0 Å². The Morgan fingerprint density at radius 1 is 0.833 bits per heavy atom. The fourth-order valence-corrected chi connectivity index (χ4v) is 0.588. The maximum atomic E-state index is 11.0. The lowest BCUT2D eigenvalue weighted by Crippen LogP contribution is -2.30. The monoisotopic (exact) mass is 258 g/mol. The van der Waals surface area contributed by atoms with Crippen molar-refractivity contribution in [3.8, 4) is 0 Å². The van der Waals surface area contributed by atoms with Crippen LogP contribution in [0.1, 0.15) is 13.8 Å². The zero-order valence-electron chi connectivity index (χ0n) is 9.91. The standard InChI is InChI=1S/C10H14N2O6/c1-5(11)9(15)17-7(13)3-4-8(14)18-10(16)6(2)12/h3-6H,11-12H2,1-2H3/b4-3+/t5-,6-/m0/s1. The van der Waals surface area contributed by atoms with Gasteiger partial charge < -0.3 is 20.9 Å². The number of rotatable bonds is 4. The number of carbonyl (C=O) groups is 4. The van der Waals surface area contributed by atoms with E-state index in [1.807, 2.05) is 0 Å². The molecule has 0 aliphatic rings. The number of esters is 4. The van der Waals surface area contributed by atoms with Gasteiger partial charge in [0.05, 0.1) is 0 Å². The van der Waals surface area contributed by atoms with Crippen LogP contribution in [0, 0.1) is 0 Å². The van der Waals surface area contributed by atoms with Gasteiger partial charge in [-0.1, -0.05) is 0 Å². The minimum atomic E-state index is -1.09. The number of carbonyl (C=O) groups excluding carboxylic acids is 4. The normalized spacial score (nSPS) is 13.8. The molecule has 0 aromatic heterocycles. The summed E-state index contributed by atoms with van der Waals surface area (Å²) in [7, 11) is 0. The van der Waals surface area contributed by atoms with Gasteiger partial charge in [0, 0.05) is 12.2 Å². The molecule has 0 aliphatic carbocycles. The third-order valence-corrected chi connectivity index (χ3v) is 1.50. The Morgan fingerprint density at radius 2 is 1.11 bits per heavy atom. The summed E-state index contributed by atoms with van der Waals surface area (Å²) < 4.78 is 8.42.